The minimum Gasteiger partial charge on any atom is -0.314 e. The Labute approximate surface area is 344 Å². The lowest BCUT2D eigenvalue weighted by molar-refractivity contribution is 0.353. The smallest absolute Gasteiger partial charge is 0.0710 e. The van der Waals surface area contributed by atoms with Crippen LogP contribution in [-0.4, -0.2) is 0 Å². The summed E-state index contributed by atoms with van der Waals surface area (Å²) < 4.78 is 0. The highest BCUT2D eigenvalue weighted by molar-refractivity contribution is 5.90. The molecule has 1 heteroatoms. The quantitative estimate of drug-likeness (QED) is 0.167. The third-order valence-electron chi connectivity index (χ3n) is 14.3. The van der Waals surface area contributed by atoms with Gasteiger partial charge in [0.25, 0.3) is 0 Å². The number of hydrogen-bond donors (Lipinski definition) is 0. The maximum atomic E-state index is 4.59. The second-order valence-electron chi connectivity index (χ2n) is 17.2. The van der Waals surface area contributed by atoms with Crippen LogP contribution in [0.25, 0.3) is 16.7 Å². The maximum Gasteiger partial charge on any atom is 0.0710 e. The van der Waals surface area contributed by atoms with Gasteiger partial charge in [-0.05, 0) is 117 Å². The summed E-state index contributed by atoms with van der Waals surface area (Å²) in [6.45, 7) is 9.08. The predicted octanol–water partition coefficient (Wildman–Crippen LogP) is 14.1. The largest absolute Gasteiger partial charge is 0.314 e. The molecule has 0 N–H and O–H groups in total. The molecule has 0 saturated heterocycles. The summed E-state index contributed by atoms with van der Waals surface area (Å²) in [6, 6.07) is 48.4. The van der Waals surface area contributed by atoms with Gasteiger partial charge >= 0.3 is 0 Å². The van der Waals surface area contributed by atoms with E-state index < -0.39 is 5.41 Å². The molecule has 2 unspecified atom stereocenters. The van der Waals surface area contributed by atoms with E-state index in [-0.39, 0.29) is 17.3 Å². The first-order valence-corrected chi connectivity index (χ1v) is 21.4. The third-order valence-corrected chi connectivity index (χ3v) is 14.3. The van der Waals surface area contributed by atoms with E-state index in [0.29, 0.717) is 0 Å². The van der Waals surface area contributed by atoms with E-state index in [2.05, 4.69) is 194 Å². The molecule has 0 amide bonds. The number of rotatable bonds is 6. The molecule has 2 atom stereocenters. The standard InChI is InChI=1S/C57H49N/c1-39-18-10-11-23-46(39)50-36-43(29-28-40(50)2)58(44-31-33-53-51(37-44)48-25-12-14-26-52(48)56(53)34-16-5-17-35-56)45-30-32-49-47-24-13-15-27-54(47)57(55(49)38-45,41-19-6-3-7-20-41)42-21-8-4-9-22-42/h3-4,6-15,18-29,31,33,36-38,46,50H,1-2,5,16-17,30,32,34-35H2. The van der Waals surface area contributed by atoms with Gasteiger partial charge in [-0.25, -0.2) is 0 Å². The summed E-state index contributed by atoms with van der Waals surface area (Å²) in [5.74, 6) is 0.277. The van der Waals surface area contributed by atoms with Crippen LogP contribution in [0.1, 0.15) is 78.3 Å². The molecule has 11 rings (SSSR count). The van der Waals surface area contributed by atoms with Gasteiger partial charge in [-0.2, -0.15) is 0 Å². The molecule has 282 valence electrons. The Morgan fingerprint density at radius 3 is 1.95 bits per heavy atom. The number of benzene rings is 5. The highest BCUT2D eigenvalue weighted by atomic mass is 15.2. The molecule has 0 aliphatic heterocycles. The molecule has 1 spiro atoms. The summed E-state index contributed by atoms with van der Waals surface area (Å²) in [4.78, 5) is 2.60. The van der Waals surface area contributed by atoms with Crippen molar-refractivity contribution in [1.29, 1.82) is 0 Å². The van der Waals surface area contributed by atoms with Crippen molar-refractivity contribution in [2.24, 2.45) is 11.8 Å². The van der Waals surface area contributed by atoms with E-state index in [1.165, 1.54) is 105 Å². The van der Waals surface area contributed by atoms with Crippen LogP contribution in [0.2, 0.25) is 0 Å². The molecule has 0 bridgehead atoms. The summed E-state index contributed by atoms with van der Waals surface area (Å²) in [6.07, 6.45) is 26.6. The van der Waals surface area contributed by atoms with Gasteiger partial charge in [-0.3, -0.25) is 0 Å². The fourth-order valence-corrected chi connectivity index (χ4v) is 11.7. The Balaban J connectivity index is 1.14. The maximum absolute atomic E-state index is 4.59. The van der Waals surface area contributed by atoms with Crippen LogP contribution in [0.5, 0.6) is 0 Å². The topological polar surface area (TPSA) is 3.24 Å². The van der Waals surface area contributed by atoms with Crippen molar-refractivity contribution < 1.29 is 0 Å². The predicted molar refractivity (Wildman–Crippen MR) is 242 cm³/mol. The molecule has 5 aromatic rings. The molecule has 58 heavy (non-hydrogen) atoms. The molecular weight excluding hydrogens is 699 g/mol. The van der Waals surface area contributed by atoms with Crippen LogP contribution in [-0.2, 0) is 10.8 Å². The van der Waals surface area contributed by atoms with E-state index in [1.807, 2.05) is 0 Å². The van der Waals surface area contributed by atoms with E-state index in [0.717, 1.165) is 24.0 Å². The van der Waals surface area contributed by atoms with Crippen LogP contribution < -0.4 is 4.90 Å². The molecular formula is C57H49N. The van der Waals surface area contributed by atoms with Gasteiger partial charge in [0.05, 0.1) is 5.41 Å². The van der Waals surface area contributed by atoms with Gasteiger partial charge in [0.2, 0.25) is 0 Å². The third kappa shape index (κ3) is 5.15. The van der Waals surface area contributed by atoms with Gasteiger partial charge in [0.15, 0.2) is 0 Å². The summed E-state index contributed by atoms with van der Waals surface area (Å²) in [5.41, 5.74) is 19.7. The van der Waals surface area contributed by atoms with Crippen molar-refractivity contribution in [2.45, 2.75) is 55.8 Å². The van der Waals surface area contributed by atoms with Crippen LogP contribution in [0, 0.1) is 11.8 Å². The van der Waals surface area contributed by atoms with Gasteiger partial charge in [-0.15, -0.1) is 0 Å². The first-order chi connectivity index (χ1) is 28.6. The van der Waals surface area contributed by atoms with E-state index in [9.17, 15) is 0 Å². The minimum absolute atomic E-state index is 0.110. The monoisotopic (exact) mass is 747 g/mol. The van der Waals surface area contributed by atoms with Gasteiger partial charge in [-0.1, -0.05) is 184 Å². The first-order valence-electron chi connectivity index (χ1n) is 21.4. The second kappa shape index (κ2) is 13.7. The van der Waals surface area contributed by atoms with E-state index >= 15 is 0 Å². The van der Waals surface area contributed by atoms with Gasteiger partial charge in [0, 0.05) is 34.3 Å². The molecule has 0 heterocycles. The minimum atomic E-state index is -0.444. The fourth-order valence-electron chi connectivity index (χ4n) is 11.7. The zero-order valence-corrected chi connectivity index (χ0v) is 33.2. The molecule has 5 aromatic carbocycles. The number of anilines is 1. The zero-order valence-electron chi connectivity index (χ0n) is 33.2. The molecule has 1 saturated carbocycles. The molecule has 6 aliphatic carbocycles. The van der Waals surface area contributed by atoms with Crippen LogP contribution >= 0.6 is 0 Å². The molecule has 6 aliphatic rings. The lowest BCUT2D eigenvalue weighted by atomic mass is 9.66. The first kappa shape index (κ1) is 35.0. The van der Waals surface area contributed by atoms with Crippen LogP contribution in [0.3, 0.4) is 0 Å². The van der Waals surface area contributed by atoms with Gasteiger partial charge < -0.3 is 4.90 Å². The normalized spacial score (nSPS) is 21.9. The average molecular weight is 748 g/mol. The molecule has 1 fully saturated rings. The molecule has 0 aromatic heterocycles. The van der Waals surface area contributed by atoms with Crippen molar-refractivity contribution in [1.82, 2.24) is 0 Å². The van der Waals surface area contributed by atoms with Gasteiger partial charge in [0.1, 0.15) is 0 Å². The Morgan fingerprint density at radius 1 is 0.552 bits per heavy atom. The summed E-state index contributed by atoms with van der Waals surface area (Å²) in [7, 11) is 0. The second-order valence-corrected chi connectivity index (χ2v) is 17.2. The highest BCUT2D eigenvalue weighted by Crippen LogP contribution is 2.59. The summed E-state index contributed by atoms with van der Waals surface area (Å²) in [5, 5.41) is 0. The number of hydrogen-bond acceptors (Lipinski definition) is 1. The number of allylic oxidation sites excluding steroid dienone is 13. The number of fused-ring (bicyclic) bond motifs is 7. The Hall–Kier alpha value is -6.18. The Kier molecular flexibility index (Phi) is 8.29. The average Bonchev–Trinajstić information content (AvgIpc) is 3.72. The molecule has 0 radical (unpaired) electrons. The van der Waals surface area contributed by atoms with E-state index in [1.54, 1.807) is 0 Å². The van der Waals surface area contributed by atoms with Crippen LogP contribution in [0.4, 0.5) is 5.69 Å². The highest BCUT2D eigenvalue weighted by Gasteiger charge is 2.48. The zero-order chi connectivity index (χ0) is 38.8. The van der Waals surface area contributed by atoms with Crippen molar-refractivity contribution >= 4 is 11.3 Å². The fraction of sp³-hybridized carbons (Fsp3) is 0.193. The summed E-state index contributed by atoms with van der Waals surface area (Å²) >= 11 is 0. The lowest BCUT2D eigenvalue weighted by Crippen LogP contribution is -2.31. The van der Waals surface area contributed by atoms with Crippen molar-refractivity contribution in [3.8, 4) is 11.1 Å². The van der Waals surface area contributed by atoms with Crippen molar-refractivity contribution in [3.63, 3.8) is 0 Å². The van der Waals surface area contributed by atoms with E-state index in [4.69, 9.17) is 0 Å². The Morgan fingerprint density at radius 2 is 1.21 bits per heavy atom. The SMILES string of the molecule is C=C1C=CC=CC1C1C=C(N(C2=CC3=C(CC2)c2ccccc2C3(c2ccccc2)c2ccccc2)c2ccc3c(c2)-c2ccccc2C32CCCCC2)C=CC1=C. The number of nitrogens with zero attached hydrogens (tertiary/aromatic N) is 1. The van der Waals surface area contributed by atoms with Crippen LogP contribution in [0.15, 0.2) is 217 Å². The van der Waals surface area contributed by atoms with Crippen molar-refractivity contribution in [2.75, 3.05) is 4.90 Å². The Bertz CT molecular complexity index is 2650. The lowest BCUT2D eigenvalue weighted by Gasteiger charge is -2.39. The molecule has 1 nitrogen and oxygen atoms in total. The van der Waals surface area contributed by atoms with Crippen molar-refractivity contribution in [3.05, 3.63) is 251 Å².